The van der Waals surface area contributed by atoms with Crippen LogP contribution >= 0.6 is 24.0 Å². The minimum absolute atomic E-state index is 0. The molecule has 0 atom stereocenters. The van der Waals surface area contributed by atoms with E-state index in [0.717, 1.165) is 51.5 Å². The number of likely N-dealkylation sites (tertiary alicyclic amines) is 1. The maximum Gasteiger partial charge on any atom is 0.220 e. The van der Waals surface area contributed by atoms with E-state index in [2.05, 4.69) is 20.5 Å². The number of rotatable bonds is 7. The Bertz CT molecular complexity index is 433. The largest absolute Gasteiger partial charge is 0.385 e. The second kappa shape index (κ2) is 11.2. The third-order valence-electron chi connectivity index (χ3n) is 5.75. The summed E-state index contributed by atoms with van der Waals surface area (Å²) in [7, 11) is 5.35. The van der Waals surface area contributed by atoms with Crippen molar-refractivity contribution in [1.29, 1.82) is 0 Å². The number of amides is 1. The van der Waals surface area contributed by atoms with Crippen molar-refractivity contribution in [2.24, 2.45) is 16.3 Å². The predicted octanol–water partition coefficient (Wildman–Crippen LogP) is 2.23. The normalized spacial score (nSPS) is 20.4. The van der Waals surface area contributed by atoms with Gasteiger partial charge in [0.2, 0.25) is 5.91 Å². The van der Waals surface area contributed by atoms with Crippen LogP contribution in [0.4, 0.5) is 0 Å². The molecule has 0 unspecified atom stereocenters. The van der Waals surface area contributed by atoms with Crippen LogP contribution in [0.25, 0.3) is 0 Å². The molecule has 1 saturated heterocycles. The van der Waals surface area contributed by atoms with E-state index < -0.39 is 0 Å². The van der Waals surface area contributed by atoms with Crippen molar-refractivity contribution in [3.8, 4) is 0 Å². The van der Waals surface area contributed by atoms with Gasteiger partial charge in [0.25, 0.3) is 0 Å². The molecule has 0 bridgehead atoms. The highest BCUT2D eigenvalue weighted by Gasteiger charge is 2.37. The summed E-state index contributed by atoms with van der Waals surface area (Å²) in [4.78, 5) is 18.3. The monoisotopic (exact) mass is 466 g/mol. The molecular formula is C18H35IN4O2. The summed E-state index contributed by atoms with van der Waals surface area (Å²) in [5.41, 5.74) is 0.392. The van der Waals surface area contributed by atoms with E-state index in [1.54, 1.807) is 14.2 Å². The molecule has 1 amide bonds. The Balaban J connectivity index is 0.00000312. The fourth-order valence-electron chi connectivity index (χ4n) is 3.82. The SMILES string of the molecule is CN=C(NCC1(CCOC)CCC1)N1CCC(CC(=O)NC)CC1.I. The Kier molecular flexibility index (Phi) is 10.1. The first kappa shape index (κ1) is 22.5. The molecule has 0 aromatic carbocycles. The summed E-state index contributed by atoms with van der Waals surface area (Å²) in [6, 6.07) is 0. The number of halogens is 1. The molecule has 2 fully saturated rings. The van der Waals surface area contributed by atoms with Crippen LogP contribution < -0.4 is 10.6 Å². The molecule has 0 radical (unpaired) electrons. The maximum absolute atomic E-state index is 11.5. The summed E-state index contributed by atoms with van der Waals surface area (Å²) >= 11 is 0. The summed E-state index contributed by atoms with van der Waals surface area (Å²) in [6.45, 7) is 3.78. The first-order chi connectivity index (χ1) is 11.6. The van der Waals surface area contributed by atoms with E-state index in [-0.39, 0.29) is 29.9 Å². The van der Waals surface area contributed by atoms with E-state index >= 15 is 0 Å². The lowest BCUT2D eigenvalue weighted by Gasteiger charge is -2.43. The van der Waals surface area contributed by atoms with Crippen LogP contribution in [0.15, 0.2) is 4.99 Å². The smallest absolute Gasteiger partial charge is 0.220 e. The Labute approximate surface area is 169 Å². The number of hydrogen-bond acceptors (Lipinski definition) is 3. The van der Waals surface area contributed by atoms with Gasteiger partial charge in [-0.15, -0.1) is 24.0 Å². The third-order valence-corrected chi connectivity index (χ3v) is 5.75. The van der Waals surface area contributed by atoms with Gasteiger partial charge < -0.3 is 20.3 Å². The average Bonchev–Trinajstić information content (AvgIpc) is 2.57. The number of methoxy groups -OCH3 is 1. The van der Waals surface area contributed by atoms with Gasteiger partial charge in [-0.1, -0.05) is 6.42 Å². The molecule has 2 N–H and O–H groups in total. The number of guanidine groups is 1. The Morgan fingerprint density at radius 1 is 1.32 bits per heavy atom. The molecule has 1 saturated carbocycles. The topological polar surface area (TPSA) is 66.0 Å². The second-order valence-electron chi connectivity index (χ2n) is 7.30. The number of hydrogen-bond donors (Lipinski definition) is 2. The van der Waals surface area contributed by atoms with Gasteiger partial charge in [0.15, 0.2) is 5.96 Å². The summed E-state index contributed by atoms with van der Waals surface area (Å²) in [6.07, 6.45) is 7.79. The zero-order valence-electron chi connectivity index (χ0n) is 16.0. The highest BCUT2D eigenvalue weighted by molar-refractivity contribution is 14.0. The molecule has 7 heteroatoms. The summed E-state index contributed by atoms with van der Waals surface area (Å²) in [5, 5.41) is 6.32. The molecule has 2 rings (SSSR count). The molecule has 1 aliphatic heterocycles. The second-order valence-corrected chi connectivity index (χ2v) is 7.30. The number of nitrogens with zero attached hydrogens (tertiary/aromatic N) is 2. The van der Waals surface area contributed by atoms with Crippen molar-refractivity contribution in [3.05, 3.63) is 0 Å². The summed E-state index contributed by atoms with van der Waals surface area (Å²) in [5.74, 6) is 1.66. The third kappa shape index (κ3) is 6.58. The minimum atomic E-state index is 0. The highest BCUT2D eigenvalue weighted by atomic mass is 127. The zero-order valence-corrected chi connectivity index (χ0v) is 18.3. The van der Waals surface area contributed by atoms with E-state index in [1.807, 2.05) is 7.05 Å². The van der Waals surface area contributed by atoms with Crippen LogP contribution in [0.2, 0.25) is 0 Å². The van der Waals surface area contributed by atoms with Crippen molar-refractivity contribution in [2.45, 2.75) is 44.9 Å². The lowest BCUT2D eigenvalue weighted by molar-refractivity contribution is -0.121. The number of carbonyl (C=O) groups is 1. The van der Waals surface area contributed by atoms with Gasteiger partial charge in [-0.3, -0.25) is 9.79 Å². The van der Waals surface area contributed by atoms with E-state index in [4.69, 9.17) is 4.74 Å². The van der Waals surface area contributed by atoms with Gasteiger partial charge in [0.05, 0.1) is 0 Å². The molecular weight excluding hydrogens is 431 g/mol. The van der Waals surface area contributed by atoms with E-state index in [1.165, 1.54) is 19.3 Å². The molecule has 0 aromatic heterocycles. The molecule has 0 spiro atoms. The number of piperidine rings is 1. The first-order valence-electron chi connectivity index (χ1n) is 9.27. The van der Waals surface area contributed by atoms with E-state index in [0.29, 0.717) is 17.8 Å². The minimum Gasteiger partial charge on any atom is -0.385 e. The standard InChI is InChI=1S/C18H34N4O2.HI/c1-19-16(23)13-15-5-10-22(11-6-15)17(20-2)21-14-18(7-4-8-18)9-12-24-3;/h15H,4-14H2,1-3H3,(H,19,23)(H,20,21);1H. The number of carbonyl (C=O) groups excluding carboxylic acids is 1. The van der Waals surface area contributed by atoms with Crippen LogP contribution in [-0.4, -0.2) is 64.2 Å². The number of aliphatic imine (C=N–C) groups is 1. The quantitative estimate of drug-likeness (QED) is 0.343. The van der Waals surface area contributed by atoms with Crippen LogP contribution in [0, 0.1) is 11.3 Å². The molecule has 6 nitrogen and oxygen atoms in total. The van der Waals surface area contributed by atoms with Crippen molar-refractivity contribution >= 4 is 35.8 Å². The Hall–Kier alpha value is -0.570. The van der Waals surface area contributed by atoms with E-state index in [9.17, 15) is 4.79 Å². The molecule has 1 heterocycles. The molecule has 146 valence electrons. The van der Waals surface area contributed by atoms with Gasteiger partial charge in [0.1, 0.15) is 0 Å². The first-order valence-corrected chi connectivity index (χ1v) is 9.27. The summed E-state index contributed by atoms with van der Waals surface area (Å²) < 4.78 is 5.27. The number of nitrogens with one attached hydrogen (secondary N) is 2. The number of ether oxygens (including phenoxy) is 1. The van der Waals surface area contributed by atoms with Crippen molar-refractivity contribution < 1.29 is 9.53 Å². The molecule has 1 aliphatic carbocycles. The zero-order chi connectivity index (χ0) is 17.4. The van der Waals surface area contributed by atoms with Gasteiger partial charge in [-0.25, -0.2) is 0 Å². The molecule has 0 aromatic rings. The van der Waals surface area contributed by atoms with Crippen LogP contribution in [0.3, 0.4) is 0 Å². The highest BCUT2D eigenvalue weighted by Crippen LogP contribution is 2.43. The Morgan fingerprint density at radius 3 is 2.48 bits per heavy atom. The fourth-order valence-corrected chi connectivity index (χ4v) is 3.82. The lowest BCUT2D eigenvalue weighted by atomic mass is 9.67. The van der Waals surface area contributed by atoms with Crippen molar-refractivity contribution in [2.75, 3.05) is 47.4 Å². The van der Waals surface area contributed by atoms with Gasteiger partial charge in [-0.2, -0.15) is 0 Å². The van der Waals surface area contributed by atoms with Gasteiger partial charge in [0, 0.05) is 53.9 Å². The average molecular weight is 466 g/mol. The Morgan fingerprint density at radius 2 is 2.00 bits per heavy atom. The predicted molar refractivity (Wildman–Crippen MR) is 113 cm³/mol. The molecule has 25 heavy (non-hydrogen) atoms. The van der Waals surface area contributed by atoms with Crippen LogP contribution in [0.5, 0.6) is 0 Å². The van der Waals surface area contributed by atoms with Crippen LogP contribution in [0.1, 0.15) is 44.9 Å². The fraction of sp³-hybridized carbons (Fsp3) is 0.889. The van der Waals surface area contributed by atoms with Crippen molar-refractivity contribution in [1.82, 2.24) is 15.5 Å². The molecule has 2 aliphatic rings. The lowest BCUT2D eigenvalue weighted by Crippen LogP contribution is -2.50. The van der Waals surface area contributed by atoms with Crippen LogP contribution in [-0.2, 0) is 9.53 Å². The van der Waals surface area contributed by atoms with Gasteiger partial charge in [-0.05, 0) is 43.4 Å². The van der Waals surface area contributed by atoms with Crippen molar-refractivity contribution in [3.63, 3.8) is 0 Å². The van der Waals surface area contributed by atoms with Gasteiger partial charge >= 0.3 is 0 Å². The maximum atomic E-state index is 11.5.